The van der Waals surface area contributed by atoms with E-state index in [4.69, 9.17) is 4.74 Å². The monoisotopic (exact) mass is 550 g/mol. The van der Waals surface area contributed by atoms with Gasteiger partial charge in [0.2, 0.25) is 5.91 Å². The van der Waals surface area contributed by atoms with E-state index in [-0.39, 0.29) is 12.0 Å². The zero-order valence-corrected chi connectivity index (χ0v) is 27.3. The average Bonchev–Trinajstić information content (AvgIpc) is 3.31. The van der Waals surface area contributed by atoms with E-state index in [1.807, 2.05) is 27.7 Å². The molecule has 4 saturated carbocycles. The molecule has 0 saturated heterocycles. The van der Waals surface area contributed by atoms with Crippen LogP contribution < -0.4 is 5.32 Å². The third-order valence-electron chi connectivity index (χ3n) is 11.8. The summed E-state index contributed by atoms with van der Waals surface area (Å²) in [5.74, 6) is 5.07. The van der Waals surface area contributed by atoms with E-state index in [9.17, 15) is 9.90 Å². The number of methoxy groups -OCH3 is 1. The molecule has 0 aromatic carbocycles. The van der Waals surface area contributed by atoms with Gasteiger partial charge in [-0.3, -0.25) is 4.79 Å². The second-order valence-electron chi connectivity index (χ2n) is 13.6. The number of hydrogen-bond donors (Lipinski definition) is 2. The van der Waals surface area contributed by atoms with E-state index >= 15 is 0 Å². The van der Waals surface area contributed by atoms with Crippen molar-refractivity contribution in [2.24, 2.45) is 46.3 Å². The van der Waals surface area contributed by atoms with E-state index in [0.29, 0.717) is 23.2 Å². The average molecular weight is 550 g/mol. The van der Waals surface area contributed by atoms with Crippen molar-refractivity contribution < 1.29 is 14.6 Å². The van der Waals surface area contributed by atoms with Crippen LogP contribution in [0.25, 0.3) is 0 Å². The molecular weight excluding hydrogens is 482 g/mol. The molecule has 4 aliphatic rings. The van der Waals surface area contributed by atoms with E-state index in [0.717, 1.165) is 74.8 Å². The van der Waals surface area contributed by atoms with E-state index < -0.39 is 0 Å². The van der Waals surface area contributed by atoms with Crippen molar-refractivity contribution in [2.45, 2.75) is 151 Å². The lowest BCUT2D eigenvalue weighted by Gasteiger charge is -2.61. The molecule has 4 heteroatoms. The van der Waals surface area contributed by atoms with Crippen LogP contribution in [0.1, 0.15) is 145 Å². The highest BCUT2D eigenvalue weighted by Gasteiger charge is 2.60. The maximum atomic E-state index is 12.5. The Kier molecular flexibility index (Phi) is 14.8. The van der Waals surface area contributed by atoms with Gasteiger partial charge in [-0.2, -0.15) is 0 Å². The number of hydrogen-bond acceptors (Lipinski definition) is 3. The highest BCUT2D eigenvalue weighted by Crippen LogP contribution is 2.68. The van der Waals surface area contributed by atoms with Crippen molar-refractivity contribution in [2.75, 3.05) is 20.3 Å². The van der Waals surface area contributed by atoms with Gasteiger partial charge in [-0.1, -0.05) is 61.3 Å². The molecule has 0 radical (unpaired) electrons. The molecule has 7 unspecified atom stereocenters. The maximum absolute atomic E-state index is 12.5. The fourth-order valence-corrected chi connectivity index (χ4v) is 9.81. The van der Waals surface area contributed by atoms with Crippen LogP contribution in [0.5, 0.6) is 0 Å². The summed E-state index contributed by atoms with van der Waals surface area (Å²) in [6, 6.07) is 0. The summed E-state index contributed by atoms with van der Waals surface area (Å²) < 4.78 is 5.10. The minimum atomic E-state index is -0.0479. The summed E-state index contributed by atoms with van der Waals surface area (Å²) in [5.41, 5.74) is 0.936. The third-order valence-corrected chi connectivity index (χ3v) is 11.8. The minimum absolute atomic E-state index is 0.0479. The largest absolute Gasteiger partial charge is 0.393 e. The van der Waals surface area contributed by atoms with Crippen LogP contribution in [0.4, 0.5) is 0 Å². The van der Waals surface area contributed by atoms with Gasteiger partial charge < -0.3 is 15.2 Å². The topological polar surface area (TPSA) is 58.6 Å². The summed E-state index contributed by atoms with van der Waals surface area (Å²) in [6.45, 7) is 17.3. The Morgan fingerprint density at radius 1 is 0.897 bits per heavy atom. The first-order valence-corrected chi connectivity index (χ1v) is 17.2. The number of fused-ring (bicyclic) bond motifs is 5. The molecule has 0 spiro atoms. The van der Waals surface area contributed by atoms with Crippen molar-refractivity contribution in [3.63, 3.8) is 0 Å². The predicted molar refractivity (Wildman–Crippen MR) is 166 cm³/mol. The standard InChI is InChI=1S/C31H55NO3.2C2H6/c1-22(9-14-29(34)32-19-7-5-6-8-20-35-4)26-12-13-27-25-11-10-23-21-24(33)15-17-30(23,2)28(25)16-18-31(26,27)3;2*1-2/h22-28,33H,5-21H2,1-4H3,(H,32,34);2*1-2H3/t22?,23?,24?,25?,26?,27?,28?,30-,31+;;/m0../s1. The zero-order chi connectivity index (χ0) is 29.1. The molecule has 9 atom stereocenters. The molecule has 2 N–H and O–H groups in total. The molecule has 1 amide bonds. The number of ether oxygens (including phenoxy) is 1. The highest BCUT2D eigenvalue weighted by molar-refractivity contribution is 5.75. The fraction of sp³-hybridized carbons (Fsp3) is 0.971. The molecule has 4 nitrogen and oxygen atoms in total. The third kappa shape index (κ3) is 8.24. The predicted octanol–water partition coefficient (Wildman–Crippen LogP) is 8.80. The molecule has 0 aliphatic heterocycles. The van der Waals surface area contributed by atoms with Crippen LogP contribution in [-0.2, 0) is 9.53 Å². The molecular formula is C35H67NO3. The number of amides is 1. The lowest BCUT2D eigenvalue weighted by Crippen LogP contribution is -2.54. The second kappa shape index (κ2) is 16.7. The first kappa shape index (κ1) is 34.6. The number of aliphatic hydroxyl groups excluding tert-OH is 1. The van der Waals surface area contributed by atoms with E-state index in [1.54, 1.807) is 7.11 Å². The lowest BCUT2D eigenvalue weighted by molar-refractivity contribution is -0.129. The Bertz CT molecular complexity index is 697. The van der Waals surface area contributed by atoms with Crippen LogP contribution in [0.2, 0.25) is 0 Å². The van der Waals surface area contributed by atoms with Gasteiger partial charge >= 0.3 is 0 Å². The summed E-state index contributed by atoms with van der Waals surface area (Å²) in [6.07, 6.45) is 17.8. The first-order chi connectivity index (χ1) is 18.8. The molecule has 0 aromatic rings. The number of nitrogens with one attached hydrogen (secondary N) is 1. The van der Waals surface area contributed by atoms with Gasteiger partial charge in [0.25, 0.3) is 0 Å². The molecule has 230 valence electrons. The van der Waals surface area contributed by atoms with Crippen LogP contribution in [0, 0.1) is 46.3 Å². The Morgan fingerprint density at radius 3 is 2.28 bits per heavy atom. The minimum Gasteiger partial charge on any atom is -0.393 e. The van der Waals surface area contributed by atoms with E-state index in [2.05, 4.69) is 26.1 Å². The molecule has 0 heterocycles. The van der Waals surface area contributed by atoms with Gasteiger partial charge in [-0.25, -0.2) is 0 Å². The molecule has 4 rings (SSSR count). The molecule has 4 aliphatic carbocycles. The van der Waals surface area contributed by atoms with Crippen molar-refractivity contribution in [1.82, 2.24) is 5.32 Å². The Morgan fingerprint density at radius 2 is 1.56 bits per heavy atom. The molecule has 4 fully saturated rings. The molecule has 39 heavy (non-hydrogen) atoms. The summed E-state index contributed by atoms with van der Waals surface area (Å²) >= 11 is 0. The van der Waals surface area contributed by atoms with Crippen LogP contribution in [-0.4, -0.2) is 37.4 Å². The molecule has 0 aromatic heterocycles. The van der Waals surface area contributed by atoms with Gasteiger partial charge in [0.15, 0.2) is 0 Å². The van der Waals surface area contributed by atoms with Gasteiger partial charge in [0, 0.05) is 26.7 Å². The van der Waals surface area contributed by atoms with E-state index in [1.165, 1.54) is 57.8 Å². The maximum Gasteiger partial charge on any atom is 0.220 e. The summed E-state index contributed by atoms with van der Waals surface area (Å²) in [5, 5.41) is 13.5. The number of carbonyl (C=O) groups is 1. The van der Waals surface area contributed by atoms with Crippen molar-refractivity contribution in [3.05, 3.63) is 0 Å². The van der Waals surface area contributed by atoms with Crippen molar-refractivity contribution in [1.29, 1.82) is 0 Å². The number of carbonyl (C=O) groups excluding carboxylic acids is 1. The summed E-state index contributed by atoms with van der Waals surface area (Å²) in [7, 11) is 1.76. The SMILES string of the molecule is CC.CC.COCCCCCCNC(=O)CCC(C)C1CCC2C3CCC4CC(O)CC[C@]4(C)C3CC[C@]12C. The quantitative estimate of drug-likeness (QED) is 0.253. The zero-order valence-electron chi connectivity index (χ0n) is 27.3. The van der Waals surface area contributed by atoms with Crippen LogP contribution in [0.15, 0.2) is 0 Å². The van der Waals surface area contributed by atoms with Gasteiger partial charge in [0.1, 0.15) is 0 Å². The Balaban J connectivity index is 0.00000127. The highest BCUT2D eigenvalue weighted by atomic mass is 16.5. The lowest BCUT2D eigenvalue weighted by atomic mass is 9.44. The number of aliphatic hydroxyl groups is 1. The normalized spacial score (nSPS) is 37.6. The van der Waals surface area contributed by atoms with Gasteiger partial charge in [0.05, 0.1) is 6.10 Å². The first-order valence-electron chi connectivity index (χ1n) is 17.2. The second-order valence-corrected chi connectivity index (χ2v) is 13.6. The van der Waals surface area contributed by atoms with Gasteiger partial charge in [-0.05, 0) is 123 Å². The fourth-order valence-electron chi connectivity index (χ4n) is 9.81. The van der Waals surface area contributed by atoms with Crippen LogP contribution >= 0.6 is 0 Å². The van der Waals surface area contributed by atoms with Gasteiger partial charge in [-0.15, -0.1) is 0 Å². The smallest absolute Gasteiger partial charge is 0.220 e. The van der Waals surface area contributed by atoms with Crippen molar-refractivity contribution in [3.8, 4) is 0 Å². The van der Waals surface area contributed by atoms with Crippen LogP contribution in [0.3, 0.4) is 0 Å². The number of unbranched alkanes of at least 4 members (excludes halogenated alkanes) is 3. The Hall–Kier alpha value is -0.610. The van der Waals surface area contributed by atoms with Crippen molar-refractivity contribution >= 4 is 5.91 Å². The molecule has 0 bridgehead atoms. The Labute approximate surface area is 243 Å². The summed E-state index contributed by atoms with van der Waals surface area (Å²) in [4.78, 5) is 12.5. The number of rotatable bonds is 11.